The van der Waals surface area contributed by atoms with Crippen LogP contribution >= 0.6 is 11.6 Å². The van der Waals surface area contributed by atoms with E-state index in [2.05, 4.69) is 5.10 Å². The molecule has 2 rings (SSSR count). The van der Waals surface area contributed by atoms with E-state index in [0.29, 0.717) is 11.1 Å². The van der Waals surface area contributed by atoms with E-state index in [9.17, 15) is 4.79 Å². The third-order valence-corrected chi connectivity index (χ3v) is 4.02. The van der Waals surface area contributed by atoms with E-state index in [1.165, 1.54) is 6.42 Å². The molecule has 0 spiro atoms. The van der Waals surface area contributed by atoms with Gasteiger partial charge in [-0.15, -0.1) is 0 Å². The minimum Gasteiger partial charge on any atom is -0.378 e. The normalized spacial score (nSPS) is 18.4. The summed E-state index contributed by atoms with van der Waals surface area (Å²) in [6.07, 6.45) is 6.42. The fourth-order valence-corrected chi connectivity index (χ4v) is 2.54. The molecule has 1 aromatic rings. The van der Waals surface area contributed by atoms with Crippen LogP contribution in [0.1, 0.15) is 31.4 Å². The molecule has 1 aliphatic heterocycles. The number of aryl methyl sites for hydroxylation is 1. The molecule has 1 fully saturated rings. The van der Waals surface area contributed by atoms with Crippen molar-refractivity contribution in [1.82, 2.24) is 14.7 Å². The van der Waals surface area contributed by atoms with Gasteiger partial charge in [0.25, 0.3) is 0 Å². The van der Waals surface area contributed by atoms with Crippen molar-refractivity contribution in [3.63, 3.8) is 0 Å². The number of likely N-dealkylation sites (N-methyl/N-ethyl adjacent to an activating group) is 1. The van der Waals surface area contributed by atoms with Crippen LogP contribution in [0.5, 0.6) is 0 Å². The molecule has 1 saturated heterocycles. The van der Waals surface area contributed by atoms with Gasteiger partial charge in [0.15, 0.2) is 0 Å². The van der Waals surface area contributed by atoms with Crippen LogP contribution in [0.4, 0.5) is 0 Å². The number of rotatable bonds is 6. The van der Waals surface area contributed by atoms with Gasteiger partial charge in [-0.05, 0) is 32.6 Å². The maximum absolute atomic E-state index is 12.1. The summed E-state index contributed by atoms with van der Waals surface area (Å²) in [6, 6.07) is 0. The molecular weight excluding hydrogens is 278 g/mol. The van der Waals surface area contributed by atoms with Gasteiger partial charge in [-0.3, -0.25) is 9.48 Å². The summed E-state index contributed by atoms with van der Waals surface area (Å²) in [6.45, 7) is 3.71. The molecule has 0 N–H and O–H groups in total. The van der Waals surface area contributed by atoms with Gasteiger partial charge in [0.05, 0.1) is 16.8 Å². The molecule has 6 heteroatoms. The molecule has 5 nitrogen and oxygen atoms in total. The molecule has 0 aromatic carbocycles. The molecule has 112 valence electrons. The summed E-state index contributed by atoms with van der Waals surface area (Å²) >= 11 is 5.93. The summed E-state index contributed by atoms with van der Waals surface area (Å²) in [5, 5.41) is 4.79. The van der Waals surface area contributed by atoms with E-state index < -0.39 is 0 Å². The van der Waals surface area contributed by atoms with E-state index in [1.54, 1.807) is 15.8 Å². The first-order chi connectivity index (χ1) is 9.56. The second kappa shape index (κ2) is 7.09. The number of halogens is 1. The molecule has 0 radical (unpaired) electrons. The van der Waals surface area contributed by atoms with Crippen molar-refractivity contribution in [2.75, 3.05) is 20.2 Å². The van der Waals surface area contributed by atoms with Gasteiger partial charge in [0, 0.05) is 26.4 Å². The molecule has 0 aliphatic carbocycles. The monoisotopic (exact) mass is 299 g/mol. The average Bonchev–Trinajstić information content (AvgIpc) is 3.00. The average molecular weight is 300 g/mol. The molecule has 0 bridgehead atoms. The van der Waals surface area contributed by atoms with Gasteiger partial charge >= 0.3 is 0 Å². The molecule has 1 aromatic heterocycles. The summed E-state index contributed by atoms with van der Waals surface area (Å²) in [5.41, 5.74) is 0.750. The Kier molecular flexibility index (Phi) is 5.43. The Morgan fingerprint density at radius 1 is 1.65 bits per heavy atom. The van der Waals surface area contributed by atoms with Gasteiger partial charge in [-0.25, -0.2) is 0 Å². The quantitative estimate of drug-likeness (QED) is 0.809. The van der Waals surface area contributed by atoms with E-state index in [1.807, 2.05) is 14.0 Å². The number of hydrogen-bond donors (Lipinski definition) is 0. The van der Waals surface area contributed by atoms with Crippen LogP contribution in [-0.4, -0.2) is 46.9 Å². The van der Waals surface area contributed by atoms with Crippen LogP contribution in [0.3, 0.4) is 0 Å². The zero-order valence-electron chi connectivity index (χ0n) is 12.1. The fraction of sp³-hybridized carbons (Fsp3) is 0.714. The molecule has 1 atom stereocenters. The minimum absolute atomic E-state index is 0.0523. The van der Waals surface area contributed by atoms with Crippen molar-refractivity contribution in [2.45, 2.75) is 45.3 Å². The summed E-state index contributed by atoms with van der Waals surface area (Å²) < 4.78 is 7.17. The number of carbonyl (C=O) groups excluding carboxylic acids is 1. The largest absolute Gasteiger partial charge is 0.378 e. The van der Waals surface area contributed by atoms with E-state index in [4.69, 9.17) is 16.3 Å². The molecule has 0 saturated carbocycles. The van der Waals surface area contributed by atoms with E-state index in [0.717, 1.165) is 38.1 Å². The van der Waals surface area contributed by atoms with Gasteiger partial charge in [-0.2, -0.15) is 5.10 Å². The second-order valence-corrected chi connectivity index (χ2v) is 5.76. The Bertz CT molecular complexity index is 436. The van der Waals surface area contributed by atoms with E-state index in [-0.39, 0.29) is 12.5 Å². The van der Waals surface area contributed by atoms with Crippen LogP contribution < -0.4 is 0 Å². The topological polar surface area (TPSA) is 47.4 Å². The lowest BCUT2D eigenvalue weighted by atomic mass is 10.1. The number of nitrogens with zero attached hydrogens (tertiary/aromatic N) is 3. The fourth-order valence-electron chi connectivity index (χ4n) is 2.39. The van der Waals surface area contributed by atoms with Crippen molar-refractivity contribution < 1.29 is 9.53 Å². The maximum atomic E-state index is 12.1. The highest BCUT2D eigenvalue weighted by molar-refractivity contribution is 6.31. The Morgan fingerprint density at radius 3 is 3.05 bits per heavy atom. The number of amides is 1. The van der Waals surface area contributed by atoms with Crippen LogP contribution in [0.15, 0.2) is 6.20 Å². The van der Waals surface area contributed by atoms with Crippen LogP contribution in [0.2, 0.25) is 5.02 Å². The first-order valence-corrected chi connectivity index (χ1v) is 7.49. The zero-order chi connectivity index (χ0) is 14.5. The summed E-state index contributed by atoms with van der Waals surface area (Å²) in [7, 11) is 1.83. The lowest BCUT2D eigenvalue weighted by Crippen LogP contribution is -2.31. The van der Waals surface area contributed by atoms with Crippen molar-refractivity contribution in [2.24, 2.45) is 0 Å². The second-order valence-electron chi connectivity index (χ2n) is 5.35. The standard InChI is InChI=1S/C14H22ClN3O2/c1-11-13(15)9-18(16-11)10-14(19)17(2)7-3-5-12-6-4-8-20-12/h9,12H,3-8,10H2,1-2H3. The lowest BCUT2D eigenvalue weighted by molar-refractivity contribution is -0.130. The number of aromatic nitrogens is 2. The summed E-state index contributed by atoms with van der Waals surface area (Å²) in [5.74, 6) is 0.0523. The van der Waals surface area contributed by atoms with Gasteiger partial charge in [0.2, 0.25) is 5.91 Å². The molecule has 1 aliphatic rings. The van der Waals surface area contributed by atoms with Crippen molar-refractivity contribution in [1.29, 1.82) is 0 Å². The first kappa shape index (κ1) is 15.3. The van der Waals surface area contributed by atoms with Gasteiger partial charge < -0.3 is 9.64 Å². The van der Waals surface area contributed by atoms with Crippen LogP contribution in [0, 0.1) is 6.92 Å². The minimum atomic E-state index is 0.0523. The third kappa shape index (κ3) is 4.21. The Balaban J connectivity index is 1.71. The highest BCUT2D eigenvalue weighted by atomic mass is 35.5. The van der Waals surface area contributed by atoms with E-state index >= 15 is 0 Å². The SMILES string of the molecule is Cc1nn(CC(=O)N(C)CCCC2CCCO2)cc1Cl. The highest BCUT2D eigenvalue weighted by Gasteiger charge is 2.16. The Labute approximate surface area is 124 Å². The van der Waals surface area contributed by atoms with Gasteiger partial charge in [-0.1, -0.05) is 11.6 Å². The molecule has 2 heterocycles. The molecular formula is C14H22ClN3O2. The van der Waals surface area contributed by atoms with Gasteiger partial charge in [0.1, 0.15) is 6.54 Å². The van der Waals surface area contributed by atoms with Crippen molar-refractivity contribution >= 4 is 17.5 Å². The molecule has 1 amide bonds. The first-order valence-electron chi connectivity index (χ1n) is 7.11. The lowest BCUT2D eigenvalue weighted by Gasteiger charge is -2.18. The smallest absolute Gasteiger partial charge is 0.244 e. The third-order valence-electron chi connectivity index (χ3n) is 3.65. The van der Waals surface area contributed by atoms with Crippen LogP contribution in [-0.2, 0) is 16.1 Å². The summed E-state index contributed by atoms with van der Waals surface area (Å²) in [4.78, 5) is 13.8. The maximum Gasteiger partial charge on any atom is 0.244 e. The number of ether oxygens (including phenoxy) is 1. The Morgan fingerprint density at radius 2 is 2.45 bits per heavy atom. The zero-order valence-corrected chi connectivity index (χ0v) is 12.9. The molecule has 20 heavy (non-hydrogen) atoms. The Hall–Kier alpha value is -1.07. The number of carbonyl (C=O) groups is 1. The van der Waals surface area contributed by atoms with Crippen molar-refractivity contribution in [3.8, 4) is 0 Å². The van der Waals surface area contributed by atoms with Crippen molar-refractivity contribution in [3.05, 3.63) is 16.9 Å². The predicted octanol–water partition coefficient (Wildman–Crippen LogP) is 2.26. The number of hydrogen-bond acceptors (Lipinski definition) is 3. The molecule has 1 unspecified atom stereocenters. The predicted molar refractivity (Wildman–Crippen MR) is 77.8 cm³/mol. The van der Waals surface area contributed by atoms with Crippen LogP contribution in [0.25, 0.3) is 0 Å². The highest BCUT2D eigenvalue weighted by Crippen LogP contribution is 2.17.